The second-order valence-corrected chi connectivity index (χ2v) is 11.7. The quantitative estimate of drug-likeness (QED) is 0.0697. The van der Waals surface area contributed by atoms with Gasteiger partial charge >= 0.3 is 0 Å². The van der Waals surface area contributed by atoms with Gasteiger partial charge in [-0.25, -0.2) is 0 Å². The van der Waals surface area contributed by atoms with Gasteiger partial charge in [0.1, 0.15) is 6.29 Å². The highest BCUT2D eigenvalue weighted by Gasteiger charge is 2.12. The summed E-state index contributed by atoms with van der Waals surface area (Å²) < 4.78 is 5.44. The van der Waals surface area contributed by atoms with Gasteiger partial charge in [0.05, 0.1) is 5.60 Å². The number of hydrogen-bond acceptors (Lipinski definition) is 2. The Morgan fingerprint density at radius 3 is 1.58 bits per heavy atom. The maximum atomic E-state index is 11.5. The smallest absolute Gasteiger partial charge is 0.150 e. The summed E-state index contributed by atoms with van der Waals surface area (Å²) >= 11 is 0. The number of carbonyl (C=O) groups is 1. The third-order valence-electron chi connectivity index (χ3n) is 6.35. The Kier molecular flexibility index (Phi) is 21.7. The maximum absolute atomic E-state index is 11.5. The molecule has 0 N–H and O–H groups in total. The van der Waals surface area contributed by atoms with Crippen molar-refractivity contribution in [3.63, 3.8) is 0 Å². The second kappa shape index (κ2) is 23.8. The van der Waals surface area contributed by atoms with E-state index in [1.54, 1.807) is 7.11 Å². The van der Waals surface area contributed by atoms with Crippen molar-refractivity contribution in [3.05, 3.63) is 154 Å². The number of ether oxygens (including phenoxy) is 1. The molecule has 2 heteroatoms. The third-order valence-corrected chi connectivity index (χ3v) is 6.35. The molecule has 0 aromatic heterocycles. The summed E-state index contributed by atoms with van der Waals surface area (Å²) in [6.45, 7) is 18.9. The summed E-state index contributed by atoms with van der Waals surface area (Å²) in [7, 11) is 1.74. The molecule has 0 aromatic carbocycles. The molecule has 0 unspecified atom stereocenters. The molecule has 0 amide bonds. The molecule has 0 aromatic rings. The molecule has 0 aliphatic rings. The number of hydrogen-bond donors (Lipinski definition) is 0. The number of aldehydes is 1. The fourth-order valence-electron chi connectivity index (χ4n) is 3.39. The van der Waals surface area contributed by atoms with E-state index in [0.29, 0.717) is 5.57 Å². The lowest BCUT2D eigenvalue weighted by Gasteiger charge is -2.20. The zero-order valence-electron chi connectivity index (χ0n) is 28.5. The fourth-order valence-corrected chi connectivity index (χ4v) is 3.39. The fraction of sp³-hybridized carbons (Fsp3) is 0.341. The van der Waals surface area contributed by atoms with Crippen molar-refractivity contribution < 1.29 is 9.53 Å². The summed E-state index contributed by atoms with van der Waals surface area (Å²) in [6.07, 6.45) is 42.6. The molecule has 0 radical (unpaired) electrons. The predicted octanol–water partition coefficient (Wildman–Crippen LogP) is 11.7. The molecular formula is C41H56O2. The van der Waals surface area contributed by atoms with Crippen LogP contribution in [0.1, 0.15) is 81.6 Å². The molecule has 43 heavy (non-hydrogen) atoms. The molecule has 0 aliphatic heterocycles. The molecule has 0 spiro atoms. The summed E-state index contributed by atoms with van der Waals surface area (Å²) in [5.74, 6) is 0. The molecule has 232 valence electrons. The van der Waals surface area contributed by atoms with Gasteiger partial charge in [0, 0.05) is 12.7 Å². The van der Waals surface area contributed by atoms with Crippen molar-refractivity contribution in [2.45, 2.75) is 87.2 Å². The molecule has 0 saturated carbocycles. The van der Waals surface area contributed by atoms with E-state index in [1.165, 1.54) is 22.3 Å². The monoisotopic (exact) mass is 580 g/mol. The van der Waals surface area contributed by atoms with Gasteiger partial charge in [-0.15, -0.1) is 0 Å². The molecule has 0 rings (SSSR count). The molecule has 0 saturated heterocycles. The van der Waals surface area contributed by atoms with E-state index in [1.807, 2.05) is 61.6 Å². The van der Waals surface area contributed by atoms with Gasteiger partial charge in [0.25, 0.3) is 0 Å². The molecule has 0 fully saturated rings. The highest BCUT2D eigenvalue weighted by molar-refractivity contribution is 5.78. The van der Waals surface area contributed by atoms with Crippen LogP contribution in [0.4, 0.5) is 0 Å². The molecule has 0 heterocycles. The zero-order valence-corrected chi connectivity index (χ0v) is 28.5. The van der Waals surface area contributed by atoms with E-state index < -0.39 is 0 Å². The van der Waals surface area contributed by atoms with Gasteiger partial charge in [-0.05, 0) is 81.6 Å². The predicted molar refractivity (Wildman–Crippen MR) is 192 cm³/mol. The van der Waals surface area contributed by atoms with Crippen molar-refractivity contribution in [1.82, 2.24) is 0 Å². The highest BCUT2D eigenvalue weighted by Crippen LogP contribution is 2.14. The van der Waals surface area contributed by atoms with Crippen LogP contribution in [0.15, 0.2) is 154 Å². The van der Waals surface area contributed by atoms with E-state index in [4.69, 9.17) is 4.74 Å². The Labute approximate surface area is 264 Å². The standard InChI is InChI=1S/C41H56O2/c1-34(2)19-13-21-36(4)23-15-25-37(5)24-14-22-35(3)20-11-12-30-40(33-42)31-17-28-38(6)26-16-27-39(7)29-18-32-41(8,9)43-10/h11-12,14-20,22-31,33H,13,21,32H2,1-10H3. The second-order valence-electron chi connectivity index (χ2n) is 11.7. The Morgan fingerprint density at radius 2 is 1.07 bits per heavy atom. The topological polar surface area (TPSA) is 26.3 Å². The van der Waals surface area contributed by atoms with E-state index in [-0.39, 0.29) is 5.60 Å². The van der Waals surface area contributed by atoms with Crippen molar-refractivity contribution in [2.24, 2.45) is 0 Å². The van der Waals surface area contributed by atoms with Crippen LogP contribution in [0.2, 0.25) is 0 Å². The summed E-state index contributed by atoms with van der Waals surface area (Å²) in [4.78, 5) is 11.5. The Hall–Kier alpha value is -3.75. The number of methoxy groups -OCH3 is 1. The maximum Gasteiger partial charge on any atom is 0.150 e. The first-order chi connectivity index (χ1) is 20.4. The lowest BCUT2D eigenvalue weighted by molar-refractivity contribution is -0.104. The van der Waals surface area contributed by atoms with Gasteiger partial charge in [-0.3, -0.25) is 4.79 Å². The van der Waals surface area contributed by atoms with Gasteiger partial charge in [0.15, 0.2) is 0 Å². The highest BCUT2D eigenvalue weighted by atomic mass is 16.5. The van der Waals surface area contributed by atoms with Crippen LogP contribution in [0.3, 0.4) is 0 Å². The minimum atomic E-state index is -0.145. The summed E-state index contributed by atoms with van der Waals surface area (Å²) in [5.41, 5.74) is 7.81. The van der Waals surface area contributed by atoms with Crippen molar-refractivity contribution in [3.8, 4) is 0 Å². The molecule has 0 aliphatic carbocycles. The van der Waals surface area contributed by atoms with Crippen LogP contribution in [0.5, 0.6) is 0 Å². The van der Waals surface area contributed by atoms with Gasteiger partial charge in [0.2, 0.25) is 0 Å². The first-order valence-corrected chi connectivity index (χ1v) is 15.1. The molecule has 2 nitrogen and oxygen atoms in total. The van der Waals surface area contributed by atoms with Gasteiger partial charge in [-0.2, -0.15) is 0 Å². The third kappa shape index (κ3) is 24.5. The lowest BCUT2D eigenvalue weighted by atomic mass is 10.0. The van der Waals surface area contributed by atoms with Crippen molar-refractivity contribution in [2.75, 3.05) is 7.11 Å². The van der Waals surface area contributed by atoms with Crippen molar-refractivity contribution >= 4 is 6.29 Å². The number of rotatable bonds is 18. The van der Waals surface area contributed by atoms with E-state index >= 15 is 0 Å². The Balaban J connectivity index is 4.91. The molecule has 0 atom stereocenters. The van der Waals surface area contributed by atoms with Crippen molar-refractivity contribution in [1.29, 1.82) is 0 Å². The van der Waals surface area contributed by atoms with Gasteiger partial charge < -0.3 is 4.74 Å². The van der Waals surface area contributed by atoms with Crippen LogP contribution in [0.25, 0.3) is 0 Å². The normalized spacial score (nSPS) is 15.5. The van der Waals surface area contributed by atoms with E-state index in [0.717, 1.165) is 36.7 Å². The van der Waals surface area contributed by atoms with E-state index in [9.17, 15) is 4.79 Å². The minimum Gasteiger partial charge on any atom is -0.378 e. The Morgan fingerprint density at radius 1 is 0.605 bits per heavy atom. The van der Waals surface area contributed by atoms with Crippen LogP contribution < -0.4 is 0 Å². The average molecular weight is 581 g/mol. The largest absolute Gasteiger partial charge is 0.378 e. The average Bonchev–Trinajstić information content (AvgIpc) is 2.94. The van der Waals surface area contributed by atoms with E-state index in [2.05, 4.69) is 116 Å². The number of carbonyl (C=O) groups excluding carboxylic acids is 1. The Bertz CT molecular complexity index is 1250. The lowest BCUT2D eigenvalue weighted by Crippen LogP contribution is -2.20. The minimum absolute atomic E-state index is 0.145. The first kappa shape index (κ1) is 39.2. The summed E-state index contributed by atoms with van der Waals surface area (Å²) in [5, 5.41) is 0. The van der Waals surface area contributed by atoms with Crippen LogP contribution in [0, 0.1) is 0 Å². The SMILES string of the molecule is COC(C)(C)CC=CC(C)=CC=CC(C)=CC=CC(C=O)=CC=CC=C(C)C=CC=C(C)C=CC=C(C)CCC=C(C)C. The molecular weight excluding hydrogens is 524 g/mol. The van der Waals surface area contributed by atoms with Crippen LogP contribution >= 0.6 is 0 Å². The number of allylic oxidation sites excluding steroid dienone is 25. The zero-order chi connectivity index (χ0) is 32.5. The van der Waals surface area contributed by atoms with Gasteiger partial charge in [-0.1, -0.05) is 149 Å². The molecule has 0 bridgehead atoms. The van der Waals surface area contributed by atoms with Crippen LogP contribution in [-0.2, 0) is 9.53 Å². The van der Waals surface area contributed by atoms with Crippen LogP contribution in [-0.4, -0.2) is 19.0 Å². The first-order valence-electron chi connectivity index (χ1n) is 15.1. The summed E-state index contributed by atoms with van der Waals surface area (Å²) in [6, 6.07) is 0.